The summed E-state index contributed by atoms with van der Waals surface area (Å²) in [6.45, 7) is 2.02. The Bertz CT molecular complexity index is 1010. The first-order valence-corrected chi connectivity index (χ1v) is 11.2. The molecular weight excluding hydrogens is 423 g/mol. The van der Waals surface area contributed by atoms with Crippen molar-refractivity contribution in [2.24, 2.45) is 0 Å². The Hall–Kier alpha value is -2.78. The average Bonchev–Trinajstić information content (AvgIpc) is 3.19. The maximum Gasteiger partial charge on any atom is 0.224 e. The molecule has 0 aliphatic heterocycles. The number of anilines is 2. The van der Waals surface area contributed by atoms with E-state index in [1.54, 1.807) is 48.2 Å². The molecular formula is C21H21FN4O2S2. The van der Waals surface area contributed by atoms with Crippen LogP contribution < -0.4 is 10.6 Å². The summed E-state index contributed by atoms with van der Waals surface area (Å²) in [5.74, 6) is 0.267. The zero-order chi connectivity index (χ0) is 21.3. The van der Waals surface area contributed by atoms with Crippen molar-refractivity contribution in [1.82, 2.24) is 10.2 Å². The van der Waals surface area contributed by atoms with Gasteiger partial charge in [0.1, 0.15) is 5.82 Å². The third kappa shape index (κ3) is 6.64. The summed E-state index contributed by atoms with van der Waals surface area (Å²) in [5, 5.41) is 14.9. The van der Waals surface area contributed by atoms with E-state index < -0.39 is 0 Å². The van der Waals surface area contributed by atoms with Crippen LogP contribution in [-0.2, 0) is 11.3 Å². The normalized spacial score (nSPS) is 10.6. The van der Waals surface area contributed by atoms with Gasteiger partial charge in [-0.05, 0) is 43.2 Å². The minimum atomic E-state index is -0.259. The summed E-state index contributed by atoms with van der Waals surface area (Å²) >= 11 is 2.98. The van der Waals surface area contributed by atoms with Gasteiger partial charge in [-0.1, -0.05) is 47.4 Å². The second-order valence-electron chi connectivity index (χ2n) is 6.46. The molecule has 9 heteroatoms. The van der Waals surface area contributed by atoms with E-state index in [1.165, 1.54) is 30.4 Å². The van der Waals surface area contributed by atoms with Crippen LogP contribution in [0.25, 0.3) is 0 Å². The van der Waals surface area contributed by atoms with Crippen LogP contribution in [-0.4, -0.2) is 27.6 Å². The molecule has 156 valence electrons. The van der Waals surface area contributed by atoms with Gasteiger partial charge in [-0.2, -0.15) is 0 Å². The van der Waals surface area contributed by atoms with E-state index in [-0.39, 0.29) is 17.5 Å². The van der Waals surface area contributed by atoms with Crippen molar-refractivity contribution in [3.63, 3.8) is 0 Å². The molecule has 2 N–H and O–H groups in total. The molecule has 6 nitrogen and oxygen atoms in total. The van der Waals surface area contributed by atoms with Gasteiger partial charge < -0.3 is 10.6 Å². The molecule has 3 rings (SSSR count). The van der Waals surface area contributed by atoms with Crippen LogP contribution in [0.5, 0.6) is 0 Å². The number of thioether (sulfide) groups is 1. The van der Waals surface area contributed by atoms with Crippen LogP contribution in [0.3, 0.4) is 0 Å². The number of nitrogens with zero attached hydrogens (tertiary/aromatic N) is 2. The minimum Gasteiger partial charge on any atom is -0.356 e. The first-order chi connectivity index (χ1) is 14.5. The Kier molecular flexibility index (Phi) is 7.92. The number of halogens is 1. The highest BCUT2D eigenvalue weighted by atomic mass is 32.2. The lowest BCUT2D eigenvalue weighted by atomic mass is 10.1. The van der Waals surface area contributed by atoms with Crippen molar-refractivity contribution in [3.8, 4) is 0 Å². The van der Waals surface area contributed by atoms with Gasteiger partial charge in [0.25, 0.3) is 0 Å². The van der Waals surface area contributed by atoms with Crippen molar-refractivity contribution < 1.29 is 14.0 Å². The van der Waals surface area contributed by atoms with E-state index in [9.17, 15) is 14.0 Å². The highest BCUT2D eigenvalue weighted by molar-refractivity contribution is 8.01. The zero-order valence-electron chi connectivity index (χ0n) is 16.4. The summed E-state index contributed by atoms with van der Waals surface area (Å²) in [7, 11) is 0. The zero-order valence-corrected chi connectivity index (χ0v) is 18.0. The monoisotopic (exact) mass is 444 g/mol. The van der Waals surface area contributed by atoms with E-state index in [1.807, 2.05) is 0 Å². The number of nitrogens with one attached hydrogen (secondary N) is 2. The molecule has 0 unspecified atom stereocenters. The Morgan fingerprint density at radius 3 is 2.63 bits per heavy atom. The van der Waals surface area contributed by atoms with E-state index in [2.05, 4.69) is 20.8 Å². The summed E-state index contributed by atoms with van der Waals surface area (Å²) < 4.78 is 13.7. The molecule has 0 aliphatic rings. The predicted molar refractivity (Wildman–Crippen MR) is 119 cm³/mol. The second kappa shape index (κ2) is 10.8. The van der Waals surface area contributed by atoms with Crippen LogP contribution >= 0.6 is 23.1 Å². The van der Waals surface area contributed by atoms with E-state index in [0.29, 0.717) is 35.8 Å². The minimum absolute atomic E-state index is 0.0819. The number of carbonyl (C=O) groups is 2. The second-order valence-corrected chi connectivity index (χ2v) is 8.77. The van der Waals surface area contributed by atoms with E-state index >= 15 is 0 Å². The van der Waals surface area contributed by atoms with Crippen LogP contribution in [0.1, 0.15) is 35.7 Å². The van der Waals surface area contributed by atoms with Crippen molar-refractivity contribution in [2.75, 3.05) is 16.4 Å². The standard InChI is InChI=1S/C21H21FN4O2S2/c1-14(27)17-5-2-3-6-18(17)24-19(28)7-4-12-29-21-26-25-20(30-21)23-13-15-8-10-16(22)11-9-15/h2-3,5-6,8-11H,4,7,12-13H2,1H3,(H,23,25)(H,24,28). The molecule has 0 saturated carbocycles. The first-order valence-electron chi connectivity index (χ1n) is 9.35. The Morgan fingerprint density at radius 2 is 1.87 bits per heavy atom. The SMILES string of the molecule is CC(=O)c1ccccc1NC(=O)CCCSc1nnc(NCc2ccc(F)cc2)s1. The van der Waals surface area contributed by atoms with Crippen LogP contribution in [0.2, 0.25) is 0 Å². The number of Topliss-reactive ketones (excluding diaryl/α,β-unsaturated/α-hetero) is 1. The maximum absolute atomic E-state index is 12.9. The quantitative estimate of drug-likeness (QED) is 0.260. The van der Waals surface area contributed by atoms with Gasteiger partial charge in [-0.3, -0.25) is 9.59 Å². The molecule has 0 aliphatic carbocycles. The van der Waals surface area contributed by atoms with Gasteiger partial charge in [0.05, 0.1) is 5.69 Å². The lowest BCUT2D eigenvalue weighted by molar-refractivity contribution is -0.116. The first kappa shape index (κ1) is 21.9. The highest BCUT2D eigenvalue weighted by Crippen LogP contribution is 2.26. The van der Waals surface area contributed by atoms with Gasteiger partial charge in [0.2, 0.25) is 11.0 Å². The molecule has 2 aromatic carbocycles. The van der Waals surface area contributed by atoms with E-state index in [4.69, 9.17) is 0 Å². The molecule has 0 saturated heterocycles. The van der Waals surface area contributed by atoms with Crippen molar-refractivity contribution in [2.45, 2.75) is 30.6 Å². The Labute approximate surface area is 182 Å². The Balaban J connectivity index is 1.38. The van der Waals surface area contributed by atoms with Gasteiger partial charge >= 0.3 is 0 Å². The maximum atomic E-state index is 12.9. The molecule has 1 amide bonds. The number of hydrogen-bond donors (Lipinski definition) is 2. The molecule has 0 spiro atoms. The lowest BCUT2D eigenvalue weighted by Crippen LogP contribution is -2.13. The summed E-state index contributed by atoms with van der Waals surface area (Å²) in [4.78, 5) is 23.8. The summed E-state index contributed by atoms with van der Waals surface area (Å²) in [5.41, 5.74) is 2.01. The smallest absolute Gasteiger partial charge is 0.224 e. The molecule has 0 atom stereocenters. The van der Waals surface area contributed by atoms with Gasteiger partial charge in [0, 0.05) is 24.3 Å². The number of para-hydroxylation sites is 1. The fraction of sp³-hybridized carbons (Fsp3) is 0.238. The molecule has 1 heterocycles. The van der Waals surface area contributed by atoms with Crippen LogP contribution in [0.4, 0.5) is 15.2 Å². The molecule has 0 bridgehead atoms. The molecule has 30 heavy (non-hydrogen) atoms. The molecule has 0 radical (unpaired) electrons. The van der Waals surface area contributed by atoms with Crippen molar-refractivity contribution in [3.05, 3.63) is 65.5 Å². The largest absolute Gasteiger partial charge is 0.356 e. The predicted octanol–water partition coefficient (Wildman–Crippen LogP) is 5.00. The van der Waals surface area contributed by atoms with Crippen molar-refractivity contribution in [1.29, 1.82) is 0 Å². The van der Waals surface area contributed by atoms with E-state index in [0.717, 1.165) is 15.7 Å². The lowest BCUT2D eigenvalue weighted by Gasteiger charge is -2.08. The van der Waals surface area contributed by atoms with Gasteiger partial charge in [0.15, 0.2) is 10.1 Å². The fourth-order valence-corrected chi connectivity index (χ4v) is 4.38. The summed E-state index contributed by atoms with van der Waals surface area (Å²) in [6.07, 6.45) is 1.03. The van der Waals surface area contributed by atoms with Gasteiger partial charge in [-0.25, -0.2) is 4.39 Å². The molecule has 3 aromatic rings. The number of ketones is 1. The number of rotatable bonds is 10. The topological polar surface area (TPSA) is 84.0 Å². The third-order valence-electron chi connectivity index (χ3n) is 4.12. The Morgan fingerprint density at radius 1 is 1.10 bits per heavy atom. The van der Waals surface area contributed by atoms with Crippen molar-refractivity contribution >= 4 is 45.6 Å². The number of amides is 1. The molecule has 0 fully saturated rings. The number of aromatic nitrogens is 2. The third-order valence-corrected chi connectivity index (χ3v) is 6.22. The number of hydrogen-bond acceptors (Lipinski definition) is 7. The fourth-order valence-electron chi connectivity index (χ4n) is 2.62. The number of carbonyl (C=O) groups excluding carboxylic acids is 2. The summed E-state index contributed by atoms with van der Waals surface area (Å²) in [6, 6.07) is 13.3. The average molecular weight is 445 g/mol. The van der Waals surface area contributed by atoms with Crippen LogP contribution in [0.15, 0.2) is 52.9 Å². The number of benzene rings is 2. The highest BCUT2D eigenvalue weighted by Gasteiger charge is 2.10. The van der Waals surface area contributed by atoms with Gasteiger partial charge in [-0.15, -0.1) is 10.2 Å². The molecule has 1 aromatic heterocycles. The van der Waals surface area contributed by atoms with Crippen LogP contribution in [0, 0.1) is 5.82 Å².